The number of nitriles is 1. The number of methoxy groups -OCH3 is 1. The van der Waals surface area contributed by atoms with Crippen molar-refractivity contribution in [3.05, 3.63) is 5.56 Å². The number of nitrogens with two attached hydrogens (primary N) is 1. The van der Waals surface area contributed by atoms with E-state index >= 15 is 0 Å². The second kappa shape index (κ2) is 11.3. The van der Waals surface area contributed by atoms with Gasteiger partial charge in [-0.25, -0.2) is 9.78 Å². The highest BCUT2D eigenvalue weighted by Gasteiger charge is 2.14. The van der Waals surface area contributed by atoms with Crippen molar-refractivity contribution in [1.82, 2.24) is 15.3 Å². The molecule has 1 atom stereocenters. The Kier molecular flexibility index (Phi) is 9.42. The summed E-state index contributed by atoms with van der Waals surface area (Å²) in [6, 6.07) is 2.15. The molecular weight excluding hydrogens is 344 g/mol. The van der Waals surface area contributed by atoms with Crippen LogP contribution in [0.15, 0.2) is 5.03 Å². The van der Waals surface area contributed by atoms with E-state index in [1.54, 1.807) is 7.11 Å². The van der Waals surface area contributed by atoms with Crippen LogP contribution in [-0.4, -0.2) is 55.2 Å². The van der Waals surface area contributed by atoms with Crippen molar-refractivity contribution < 1.29 is 14.3 Å². The Labute approximate surface area is 151 Å². The molecule has 1 aromatic heterocycles. The second-order valence-electron chi connectivity index (χ2n) is 5.17. The zero-order valence-electron chi connectivity index (χ0n) is 14.7. The highest BCUT2D eigenvalue weighted by Crippen LogP contribution is 2.24. The summed E-state index contributed by atoms with van der Waals surface area (Å²) < 4.78 is 9.69. The summed E-state index contributed by atoms with van der Waals surface area (Å²) in [5, 5.41) is 15.7. The Morgan fingerprint density at radius 1 is 1.44 bits per heavy atom. The van der Waals surface area contributed by atoms with Gasteiger partial charge in [0.25, 0.3) is 0 Å². The first-order chi connectivity index (χ1) is 12.0. The summed E-state index contributed by atoms with van der Waals surface area (Å²) in [5.74, 6) is 0.553. The molecule has 9 nitrogen and oxygen atoms in total. The third kappa shape index (κ3) is 7.45. The van der Waals surface area contributed by atoms with Gasteiger partial charge in [-0.1, -0.05) is 0 Å². The summed E-state index contributed by atoms with van der Waals surface area (Å²) in [6.07, 6.45) is 2.87. The number of ether oxygens (including phenoxy) is 2. The Balaban J connectivity index is 2.43. The number of carbonyl (C=O) groups is 1. The predicted molar refractivity (Wildman–Crippen MR) is 96.5 cm³/mol. The van der Waals surface area contributed by atoms with Gasteiger partial charge in [-0.3, -0.25) is 0 Å². The first kappa shape index (κ1) is 20.8. The molecule has 138 valence electrons. The van der Waals surface area contributed by atoms with E-state index in [0.29, 0.717) is 29.6 Å². The molecule has 1 aromatic rings. The normalized spacial score (nSPS) is 11.4. The maximum Gasteiger partial charge on any atom is 0.407 e. The van der Waals surface area contributed by atoms with E-state index in [1.165, 1.54) is 11.8 Å². The van der Waals surface area contributed by atoms with Gasteiger partial charge in [-0.15, -0.1) is 11.8 Å². The first-order valence-corrected chi connectivity index (χ1v) is 9.02. The number of hydrogen-bond donors (Lipinski definition) is 3. The number of anilines is 2. The lowest BCUT2D eigenvalue weighted by Crippen LogP contribution is -2.27. The average molecular weight is 368 g/mol. The number of aromatic nitrogens is 2. The van der Waals surface area contributed by atoms with E-state index in [2.05, 4.69) is 26.7 Å². The van der Waals surface area contributed by atoms with Gasteiger partial charge in [0.1, 0.15) is 23.3 Å². The van der Waals surface area contributed by atoms with Gasteiger partial charge in [0.15, 0.2) is 5.82 Å². The largest absolute Gasteiger partial charge is 0.447 e. The Morgan fingerprint density at radius 2 is 2.20 bits per heavy atom. The highest BCUT2D eigenvalue weighted by atomic mass is 32.2. The van der Waals surface area contributed by atoms with E-state index in [9.17, 15) is 10.1 Å². The number of rotatable bonds is 10. The van der Waals surface area contributed by atoms with Gasteiger partial charge in [-0.2, -0.15) is 10.2 Å². The fourth-order valence-electron chi connectivity index (χ4n) is 1.98. The fraction of sp³-hybridized carbons (Fsp3) is 0.600. The quantitative estimate of drug-likeness (QED) is 0.319. The molecule has 0 aliphatic rings. The Bertz CT molecular complexity index is 608. The van der Waals surface area contributed by atoms with Crippen LogP contribution in [0.25, 0.3) is 0 Å². The van der Waals surface area contributed by atoms with Gasteiger partial charge >= 0.3 is 6.09 Å². The molecule has 1 amide bonds. The third-order valence-electron chi connectivity index (χ3n) is 3.19. The van der Waals surface area contributed by atoms with Gasteiger partial charge in [0.05, 0.1) is 6.61 Å². The number of nitrogens with zero attached hydrogens (tertiary/aromatic N) is 3. The predicted octanol–water partition coefficient (Wildman–Crippen LogP) is 1.61. The maximum absolute atomic E-state index is 11.4. The van der Waals surface area contributed by atoms with Crippen molar-refractivity contribution in [2.45, 2.75) is 30.8 Å². The van der Waals surface area contributed by atoms with Gasteiger partial charge in [-0.05, 0) is 26.0 Å². The minimum atomic E-state index is -0.461. The molecule has 0 saturated carbocycles. The van der Waals surface area contributed by atoms with Crippen LogP contribution in [0, 0.1) is 11.3 Å². The minimum absolute atomic E-state index is 0.0439. The third-order valence-corrected chi connectivity index (χ3v) is 3.87. The number of amides is 1. The standard InChI is InChI=1S/C15H24N6O3S/c1-10(5-4-6-18-15(22)24-8-7-23-2)19-12-11(9-16)13(25-3)21-14(17)20-12/h10H,4-8H2,1-3H3,(H,18,22)(H3,17,19,20,21)/t10-/m1/s1. The molecule has 0 unspecified atom stereocenters. The van der Waals surface area contributed by atoms with Gasteiger partial charge in [0.2, 0.25) is 5.95 Å². The molecule has 4 N–H and O–H groups in total. The van der Waals surface area contributed by atoms with Gasteiger partial charge < -0.3 is 25.8 Å². The second-order valence-corrected chi connectivity index (χ2v) is 5.96. The molecule has 0 spiro atoms. The van der Waals surface area contributed by atoms with Crippen LogP contribution in [0.5, 0.6) is 0 Å². The fourth-order valence-corrected chi connectivity index (χ4v) is 2.51. The molecule has 0 aromatic carbocycles. The lowest BCUT2D eigenvalue weighted by atomic mass is 10.1. The number of thioether (sulfide) groups is 1. The van der Waals surface area contributed by atoms with Crippen molar-refractivity contribution in [3.63, 3.8) is 0 Å². The first-order valence-electron chi connectivity index (χ1n) is 7.79. The lowest BCUT2D eigenvalue weighted by Gasteiger charge is -2.16. The minimum Gasteiger partial charge on any atom is -0.447 e. The molecule has 0 aliphatic heterocycles. The maximum atomic E-state index is 11.4. The molecule has 0 bridgehead atoms. The summed E-state index contributed by atoms with van der Waals surface area (Å²) in [6.45, 7) is 3.06. The molecule has 10 heteroatoms. The number of nitrogens with one attached hydrogen (secondary N) is 2. The van der Waals surface area contributed by atoms with Crippen molar-refractivity contribution in [2.24, 2.45) is 0 Å². The Hall–Kier alpha value is -2.25. The summed E-state index contributed by atoms with van der Waals surface area (Å²) in [5.41, 5.74) is 6.07. The average Bonchev–Trinajstić information content (AvgIpc) is 2.58. The van der Waals surface area contributed by atoms with Crippen molar-refractivity contribution >= 4 is 29.6 Å². The monoisotopic (exact) mass is 368 g/mol. The summed E-state index contributed by atoms with van der Waals surface area (Å²) in [7, 11) is 1.54. The zero-order valence-corrected chi connectivity index (χ0v) is 15.5. The van der Waals surface area contributed by atoms with Crippen molar-refractivity contribution in [1.29, 1.82) is 5.26 Å². The molecule has 25 heavy (non-hydrogen) atoms. The summed E-state index contributed by atoms with van der Waals surface area (Å²) in [4.78, 5) is 19.5. The van der Waals surface area contributed by atoms with Crippen LogP contribution in [0.3, 0.4) is 0 Å². The van der Waals surface area contributed by atoms with E-state index in [4.69, 9.17) is 15.2 Å². The van der Waals surface area contributed by atoms with Crippen LogP contribution in [0.2, 0.25) is 0 Å². The van der Waals surface area contributed by atoms with E-state index in [-0.39, 0.29) is 18.6 Å². The zero-order chi connectivity index (χ0) is 18.7. The SMILES string of the molecule is COCCOC(=O)NCCC[C@@H](C)Nc1nc(N)nc(SC)c1C#N. The van der Waals surface area contributed by atoms with Crippen LogP contribution in [0.1, 0.15) is 25.3 Å². The summed E-state index contributed by atoms with van der Waals surface area (Å²) >= 11 is 1.34. The molecule has 0 radical (unpaired) electrons. The van der Waals surface area contributed by atoms with Crippen molar-refractivity contribution in [3.8, 4) is 6.07 Å². The Morgan fingerprint density at radius 3 is 2.84 bits per heavy atom. The molecule has 1 heterocycles. The van der Waals surface area contributed by atoms with E-state index in [1.807, 2.05) is 13.2 Å². The molecule has 1 rings (SSSR count). The lowest BCUT2D eigenvalue weighted by molar-refractivity contribution is 0.0985. The highest BCUT2D eigenvalue weighted by molar-refractivity contribution is 7.98. The smallest absolute Gasteiger partial charge is 0.407 e. The van der Waals surface area contributed by atoms with Crippen molar-refractivity contribution in [2.75, 3.05) is 44.2 Å². The van der Waals surface area contributed by atoms with Gasteiger partial charge in [0, 0.05) is 19.7 Å². The molecule has 0 aliphatic carbocycles. The van der Waals surface area contributed by atoms with E-state index < -0.39 is 6.09 Å². The van der Waals surface area contributed by atoms with Crippen LogP contribution < -0.4 is 16.4 Å². The number of hydrogen-bond acceptors (Lipinski definition) is 9. The molecule has 0 saturated heterocycles. The number of carbonyl (C=O) groups excluding carboxylic acids is 1. The topological polar surface area (TPSA) is 135 Å². The number of alkyl carbamates (subject to hydrolysis) is 1. The number of nitrogen functional groups attached to an aromatic ring is 1. The van der Waals surface area contributed by atoms with Crippen LogP contribution in [0.4, 0.5) is 16.6 Å². The van der Waals surface area contributed by atoms with E-state index in [0.717, 1.165) is 12.8 Å². The van der Waals surface area contributed by atoms with Crippen LogP contribution in [-0.2, 0) is 9.47 Å². The molecular formula is C15H24N6O3S. The van der Waals surface area contributed by atoms with Crippen LogP contribution >= 0.6 is 11.8 Å². The molecule has 0 fully saturated rings.